The van der Waals surface area contributed by atoms with Crippen LogP contribution in [0.5, 0.6) is 0 Å². The number of nitro groups is 1. The lowest BCUT2D eigenvalue weighted by molar-refractivity contribution is -0.386. The zero-order valence-electron chi connectivity index (χ0n) is 11.4. The molecule has 0 saturated carbocycles. The molecule has 0 aliphatic heterocycles. The fraction of sp³-hybridized carbons (Fsp3) is 0. The third-order valence-electron chi connectivity index (χ3n) is 3.23. The molecule has 0 aliphatic rings. The Morgan fingerprint density at radius 1 is 1.17 bits per heavy atom. The number of aromatic amines is 3. The summed E-state index contributed by atoms with van der Waals surface area (Å²) in [4.78, 5) is 40.2. The molecule has 0 aliphatic carbocycles. The minimum atomic E-state index is -1.04. The molecule has 0 spiro atoms. The maximum absolute atomic E-state index is 11.6. The second-order valence-electron chi connectivity index (χ2n) is 4.69. The largest absolute Gasteiger partial charge is 0.361 e. The van der Waals surface area contributed by atoms with Crippen LogP contribution < -0.4 is 11.2 Å². The van der Waals surface area contributed by atoms with Crippen LogP contribution in [0.3, 0.4) is 0 Å². The molecule has 23 heavy (non-hydrogen) atoms. The van der Waals surface area contributed by atoms with E-state index in [1.165, 1.54) is 6.08 Å². The molecular weight excluding hydrogens is 368 g/mol. The van der Waals surface area contributed by atoms with Gasteiger partial charge in [-0.1, -0.05) is 22.0 Å². The average Bonchev–Trinajstić information content (AvgIpc) is 2.86. The molecule has 0 fully saturated rings. The summed E-state index contributed by atoms with van der Waals surface area (Å²) in [5.74, 6) is 0. The van der Waals surface area contributed by atoms with Crippen molar-refractivity contribution in [3.63, 3.8) is 0 Å². The van der Waals surface area contributed by atoms with Crippen molar-refractivity contribution in [2.75, 3.05) is 0 Å². The molecule has 2 heterocycles. The minimum absolute atomic E-state index is 0.159. The van der Waals surface area contributed by atoms with Crippen molar-refractivity contribution in [1.29, 1.82) is 0 Å². The van der Waals surface area contributed by atoms with Crippen molar-refractivity contribution in [2.24, 2.45) is 0 Å². The summed E-state index contributed by atoms with van der Waals surface area (Å²) in [7, 11) is 0. The second-order valence-corrected chi connectivity index (χ2v) is 5.61. The number of nitrogens with zero attached hydrogens (tertiary/aromatic N) is 1. The van der Waals surface area contributed by atoms with E-state index in [4.69, 9.17) is 0 Å². The number of aromatic nitrogens is 3. The first-order valence-corrected chi connectivity index (χ1v) is 7.21. The van der Waals surface area contributed by atoms with Gasteiger partial charge in [0.1, 0.15) is 5.69 Å². The van der Waals surface area contributed by atoms with Gasteiger partial charge in [-0.25, -0.2) is 4.79 Å². The van der Waals surface area contributed by atoms with E-state index in [9.17, 15) is 19.7 Å². The summed E-state index contributed by atoms with van der Waals surface area (Å²) in [5.41, 5.74) is -1.06. The van der Waals surface area contributed by atoms with E-state index in [1.54, 1.807) is 12.3 Å². The van der Waals surface area contributed by atoms with Crippen molar-refractivity contribution in [2.45, 2.75) is 0 Å². The number of benzene rings is 1. The zero-order chi connectivity index (χ0) is 16.6. The van der Waals surface area contributed by atoms with Crippen LogP contribution in [0, 0.1) is 10.1 Å². The molecular formula is C14H9BrN4O4. The zero-order valence-corrected chi connectivity index (χ0v) is 13.0. The number of nitrogens with one attached hydrogen (secondary N) is 3. The molecule has 0 radical (unpaired) electrons. The molecule has 0 saturated heterocycles. The molecule has 0 amide bonds. The van der Waals surface area contributed by atoms with Gasteiger partial charge in [0, 0.05) is 21.6 Å². The Morgan fingerprint density at radius 3 is 2.70 bits per heavy atom. The Kier molecular flexibility index (Phi) is 3.70. The molecule has 0 unspecified atom stereocenters. The predicted molar refractivity (Wildman–Crippen MR) is 89.3 cm³/mol. The Hall–Kier alpha value is -2.94. The second kappa shape index (κ2) is 5.69. The van der Waals surface area contributed by atoms with E-state index < -0.39 is 21.9 Å². The first-order chi connectivity index (χ1) is 11.0. The van der Waals surface area contributed by atoms with Crippen LogP contribution in [-0.2, 0) is 0 Å². The number of hydrogen-bond donors (Lipinski definition) is 3. The van der Waals surface area contributed by atoms with Crippen molar-refractivity contribution in [1.82, 2.24) is 15.0 Å². The monoisotopic (exact) mass is 376 g/mol. The highest BCUT2D eigenvalue weighted by atomic mass is 79.9. The number of fused-ring (bicyclic) bond motifs is 1. The Morgan fingerprint density at radius 2 is 1.96 bits per heavy atom. The van der Waals surface area contributed by atoms with Gasteiger partial charge < -0.3 is 9.97 Å². The van der Waals surface area contributed by atoms with Crippen molar-refractivity contribution >= 4 is 44.7 Å². The average molecular weight is 377 g/mol. The third-order valence-corrected chi connectivity index (χ3v) is 3.73. The Balaban J connectivity index is 2.12. The fourth-order valence-electron chi connectivity index (χ4n) is 2.22. The summed E-state index contributed by atoms with van der Waals surface area (Å²) in [6, 6.07) is 5.65. The third kappa shape index (κ3) is 2.86. The maximum atomic E-state index is 11.6. The highest BCUT2D eigenvalue weighted by molar-refractivity contribution is 9.10. The van der Waals surface area contributed by atoms with Gasteiger partial charge in [0.05, 0.1) is 4.92 Å². The summed E-state index contributed by atoms with van der Waals surface area (Å²) in [6.07, 6.45) is 4.64. The van der Waals surface area contributed by atoms with E-state index in [0.29, 0.717) is 0 Å². The van der Waals surface area contributed by atoms with Gasteiger partial charge in [-0.15, -0.1) is 0 Å². The van der Waals surface area contributed by atoms with E-state index in [-0.39, 0.29) is 5.69 Å². The van der Waals surface area contributed by atoms with E-state index in [2.05, 4.69) is 25.9 Å². The lowest BCUT2D eigenvalue weighted by Crippen LogP contribution is -2.25. The lowest BCUT2D eigenvalue weighted by Gasteiger charge is -1.96. The van der Waals surface area contributed by atoms with Crippen LogP contribution >= 0.6 is 15.9 Å². The van der Waals surface area contributed by atoms with Gasteiger partial charge in [0.2, 0.25) is 0 Å². The van der Waals surface area contributed by atoms with Crippen molar-refractivity contribution < 1.29 is 4.92 Å². The van der Waals surface area contributed by atoms with Crippen LogP contribution in [0.1, 0.15) is 11.3 Å². The van der Waals surface area contributed by atoms with Crippen LogP contribution in [0.4, 0.5) is 5.69 Å². The lowest BCUT2D eigenvalue weighted by atomic mass is 10.1. The number of hydrogen-bond acceptors (Lipinski definition) is 4. The van der Waals surface area contributed by atoms with Gasteiger partial charge in [0.15, 0.2) is 0 Å². The van der Waals surface area contributed by atoms with E-state index in [1.807, 2.05) is 23.2 Å². The Labute approximate surface area is 136 Å². The molecule has 9 heteroatoms. The quantitative estimate of drug-likeness (QED) is 0.479. The molecule has 0 atom stereocenters. The molecule has 116 valence electrons. The molecule has 3 N–H and O–H groups in total. The normalized spacial score (nSPS) is 11.3. The first kappa shape index (κ1) is 15.0. The summed E-state index contributed by atoms with van der Waals surface area (Å²) >= 11 is 3.38. The van der Waals surface area contributed by atoms with E-state index in [0.717, 1.165) is 20.9 Å². The molecule has 8 nitrogen and oxygen atoms in total. The topological polar surface area (TPSA) is 125 Å². The molecule has 3 aromatic rings. The maximum Gasteiger partial charge on any atom is 0.357 e. The summed E-state index contributed by atoms with van der Waals surface area (Å²) < 4.78 is 0.884. The van der Waals surface area contributed by atoms with E-state index >= 15 is 0 Å². The molecule has 2 aromatic heterocycles. The van der Waals surface area contributed by atoms with Crippen LogP contribution in [0.15, 0.2) is 38.5 Å². The highest BCUT2D eigenvalue weighted by Gasteiger charge is 2.18. The van der Waals surface area contributed by atoms with Crippen molar-refractivity contribution in [3.8, 4) is 0 Å². The van der Waals surface area contributed by atoms with Gasteiger partial charge >= 0.3 is 16.9 Å². The smallest absolute Gasteiger partial charge is 0.357 e. The van der Waals surface area contributed by atoms with Crippen LogP contribution in [0.25, 0.3) is 23.1 Å². The molecule has 1 aromatic carbocycles. The highest BCUT2D eigenvalue weighted by Crippen LogP contribution is 2.24. The van der Waals surface area contributed by atoms with Gasteiger partial charge in [-0.3, -0.25) is 19.9 Å². The standard InChI is InChI=1S/C14H9BrN4O4/c15-8-2-4-10-9(5-8)7(6-16-10)1-3-11-12(19(22)23)13(20)18-14(21)17-11/h1-6,16H,(H2,17,18,20,21)/b3-1+. The first-order valence-electron chi connectivity index (χ1n) is 6.41. The number of H-pyrrole nitrogens is 3. The molecule has 3 rings (SSSR count). The minimum Gasteiger partial charge on any atom is -0.361 e. The predicted octanol–water partition coefficient (Wildman–Crippen LogP) is 2.39. The van der Waals surface area contributed by atoms with Crippen molar-refractivity contribution in [3.05, 3.63) is 71.1 Å². The fourth-order valence-corrected chi connectivity index (χ4v) is 2.59. The molecule has 0 bridgehead atoms. The van der Waals surface area contributed by atoms with Gasteiger partial charge in [-0.2, -0.15) is 0 Å². The number of rotatable bonds is 3. The summed E-state index contributed by atoms with van der Waals surface area (Å²) in [5, 5.41) is 11.9. The van der Waals surface area contributed by atoms with Crippen LogP contribution in [-0.4, -0.2) is 19.9 Å². The van der Waals surface area contributed by atoms with Crippen LogP contribution in [0.2, 0.25) is 0 Å². The SMILES string of the molecule is O=c1[nH]c(/C=C/c2c[nH]c3ccc(Br)cc23)c([N+](=O)[O-])c(=O)[nH]1. The van der Waals surface area contributed by atoms with Gasteiger partial charge in [-0.05, 0) is 29.8 Å². The van der Waals surface area contributed by atoms with Gasteiger partial charge in [0.25, 0.3) is 0 Å². The summed E-state index contributed by atoms with van der Waals surface area (Å²) in [6.45, 7) is 0. The Bertz CT molecular complexity index is 1060. The number of halogens is 1.